The van der Waals surface area contributed by atoms with Crippen LogP contribution in [0.5, 0.6) is 0 Å². The fraction of sp³-hybridized carbons (Fsp3) is 0.588. The van der Waals surface area contributed by atoms with E-state index >= 15 is 0 Å². The van der Waals surface area contributed by atoms with Crippen LogP contribution in [0.15, 0.2) is 24.3 Å². The number of fused-ring (bicyclic) bond motifs is 1. The van der Waals surface area contributed by atoms with E-state index in [0.717, 1.165) is 17.5 Å². The van der Waals surface area contributed by atoms with Crippen molar-refractivity contribution in [1.82, 2.24) is 14.5 Å². The average Bonchev–Trinajstić information content (AvgIpc) is 2.70. The van der Waals surface area contributed by atoms with Gasteiger partial charge in [0.05, 0.1) is 5.25 Å². The Morgan fingerprint density at radius 3 is 2.71 bits per heavy atom. The number of rotatable bonds is 2. The molecular weight excluding hydrogens is 326 g/mol. The molecule has 0 aromatic heterocycles. The van der Waals surface area contributed by atoms with E-state index in [1.807, 2.05) is 31.2 Å². The molecular formula is C17H25N3O3S. The molecule has 0 spiro atoms. The summed E-state index contributed by atoms with van der Waals surface area (Å²) in [6.07, 6.45) is 1.27. The Kier molecular flexibility index (Phi) is 4.83. The van der Waals surface area contributed by atoms with E-state index in [1.165, 1.54) is 4.31 Å². The second-order valence-corrected chi connectivity index (χ2v) is 9.03. The molecule has 2 saturated heterocycles. The fourth-order valence-electron chi connectivity index (χ4n) is 3.70. The maximum atomic E-state index is 12.4. The lowest BCUT2D eigenvalue weighted by Gasteiger charge is -2.22. The molecule has 1 N–H and O–H groups in total. The normalized spacial score (nSPS) is 26.7. The highest BCUT2D eigenvalue weighted by Crippen LogP contribution is 2.33. The van der Waals surface area contributed by atoms with Gasteiger partial charge in [0.25, 0.3) is 0 Å². The highest BCUT2D eigenvalue weighted by molar-refractivity contribution is 7.90. The third kappa shape index (κ3) is 3.28. The number of amides is 2. The number of likely N-dealkylation sites (tertiary alicyclic amines) is 1. The topological polar surface area (TPSA) is 69.7 Å². The van der Waals surface area contributed by atoms with Crippen molar-refractivity contribution in [3.05, 3.63) is 35.4 Å². The van der Waals surface area contributed by atoms with Crippen molar-refractivity contribution in [1.29, 1.82) is 0 Å². The number of hydrogen-bond acceptors (Lipinski definition) is 3. The van der Waals surface area contributed by atoms with Crippen LogP contribution in [0.4, 0.5) is 4.79 Å². The van der Waals surface area contributed by atoms with Crippen LogP contribution in [0.2, 0.25) is 0 Å². The minimum absolute atomic E-state index is 0.107. The molecule has 0 saturated carbocycles. The van der Waals surface area contributed by atoms with E-state index in [9.17, 15) is 13.2 Å². The number of urea groups is 1. The summed E-state index contributed by atoms with van der Waals surface area (Å²) in [6.45, 7) is 4.20. The Morgan fingerprint density at radius 1 is 1.25 bits per heavy atom. The Labute approximate surface area is 143 Å². The predicted molar refractivity (Wildman–Crippen MR) is 93.0 cm³/mol. The third-order valence-electron chi connectivity index (χ3n) is 5.27. The lowest BCUT2D eigenvalue weighted by Crippen LogP contribution is -2.41. The van der Waals surface area contributed by atoms with E-state index in [1.54, 1.807) is 11.9 Å². The van der Waals surface area contributed by atoms with Gasteiger partial charge >= 0.3 is 6.03 Å². The molecule has 1 aromatic rings. The van der Waals surface area contributed by atoms with Gasteiger partial charge in [-0.3, -0.25) is 0 Å². The summed E-state index contributed by atoms with van der Waals surface area (Å²) in [5, 5.41) is 2.62. The summed E-state index contributed by atoms with van der Waals surface area (Å²) in [6, 6.07) is 7.86. The van der Waals surface area contributed by atoms with Gasteiger partial charge in [-0.1, -0.05) is 24.3 Å². The van der Waals surface area contributed by atoms with E-state index < -0.39 is 10.0 Å². The van der Waals surface area contributed by atoms with Gasteiger partial charge in [0.1, 0.15) is 0 Å². The van der Waals surface area contributed by atoms with Gasteiger partial charge in [0, 0.05) is 33.2 Å². The van der Waals surface area contributed by atoms with Gasteiger partial charge in [-0.25, -0.2) is 17.5 Å². The molecule has 2 aliphatic rings. The Balaban J connectivity index is 1.59. The summed E-state index contributed by atoms with van der Waals surface area (Å²) in [5.41, 5.74) is 2.25. The molecule has 0 aliphatic carbocycles. The van der Waals surface area contributed by atoms with Gasteiger partial charge in [-0.05, 0) is 36.8 Å². The van der Waals surface area contributed by atoms with Crippen molar-refractivity contribution in [3.63, 3.8) is 0 Å². The lowest BCUT2D eigenvalue weighted by molar-refractivity contribution is 0.198. The van der Waals surface area contributed by atoms with Crippen molar-refractivity contribution >= 4 is 16.1 Å². The monoisotopic (exact) mass is 351 g/mol. The molecule has 1 aromatic carbocycles. The summed E-state index contributed by atoms with van der Waals surface area (Å²) < 4.78 is 26.1. The number of hydrogen-bond donors (Lipinski definition) is 1. The van der Waals surface area contributed by atoms with Crippen LogP contribution >= 0.6 is 0 Å². The van der Waals surface area contributed by atoms with Crippen LogP contribution in [-0.2, 0) is 16.6 Å². The highest BCUT2D eigenvalue weighted by Gasteiger charge is 2.45. The van der Waals surface area contributed by atoms with Crippen LogP contribution < -0.4 is 5.32 Å². The Hall–Kier alpha value is -1.60. The number of benzene rings is 1. The number of aryl methyl sites for hydroxylation is 1. The maximum Gasteiger partial charge on any atom is 0.317 e. The van der Waals surface area contributed by atoms with Gasteiger partial charge in [-0.15, -0.1) is 0 Å². The molecule has 2 aliphatic heterocycles. The number of carbonyl (C=O) groups is 1. The van der Waals surface area contributed by atoms with Crippen molar-refractivity contribution in [3.8, 4) is 0 Å². The first-order valence-electron chi connectivity index (χ1n) is 8.42. The largest absolute Gasteiger partial charge is 0.334 e. The zero-order valence-electron chi connectivity index (χ0n) is 14.2. The van der Waals surface area contributed by atoms with Crippen LogP contribution in [0, 0.1) is 12.8 Å². The van der Waals surface area contributed by atoms with Gasteiger partial charge in [0.2, 0.25) is 10.0 Å². The molecule has 3 rings (SSSR count). The zero-order valence-corrected chi connectivity index (χ0v) is 15.1. The van der Waals surface area contributed by atoms with Crippen molar-refractivity contribution in [2.45, 2.75) is 31.6 Å². The molecule has 2 amide bonds. The van der Waals surface area contributed by atoms with Gasteiger partial charge in [0.15, 0.2) is 0 Å². The van der Waals surface area contributed by atoms with Crippen LogP contribution in [0.1, 0.15) is 24.0 Å². The smallest absolute Gasteiger partial charge is 0.317 e. The van der Waals surface area contributed by atoms with Gasteiger partial charge < -0.3 is 10.2 Å². The molecule has 2 heterocycles. The van der Waals surface area contributed by atoms with Crippen LogP contribution in [0.25, 0.3) is 0 Å². The molecule has 132 valence electrons. The van der Waals surface area contributed by atoms with E-state index in [0.29, 0.717) is 32.6 Å². The average molecular weight is 351 g/mol. The van der Waals surface area contributed by atoms with E-state index in [2.05, 4.69) is 5.32 Å². The zero-order chi connectivity index (χ0) is 17.3. The second kappa shape index (κ2) is 6.72. The molecule has 0 bridgehead atoms. The summed E-state index contributed by atoms with van der Waals surface area (Å²) >= 11 is 0. The predicted octanol–water partition coefficient (Wildman–Crippen LogP) is 1.56. The number of carbonyl (C=O) groups excluding carboxylic acids is 1. The quantitative estimate of drug-likeness (QED) is 0.879. The summed E-state index contributed by atoms with van der Waals surface area (Å²) in [4.78, 5) is 14.2. The van der Waals surface area contributed by atoms with E-state index in [-0.39, 0.29) is 17.2 Å². The van der Waals surface area contributed by atoms with Crippen molar-refractivity contribution in [2.75, 3.05) is 26.7 Å². The second-order valence-electron chi connectivity index (χ2n) is 6.77. The molecule has 7 heteroatoms. The minimum Gasteiger partial charge on any atom is -0.334 e. The first-order chi connectivity index (χ1) is 11.4. The standard InChI is InChI=1S/C17H25N3O3S/c1-13-5-3-4-6-14(13)11-18-17(21)20-9-7-15-12-19(2)24(22,23)16(15)8-10-20/h3-6,15-16H,7-12H2,1-2H3,(H,18,21)/t15-,16-/m0/s1. The number of nitrogens with one attached hydrogen (secondary N) is 1. The first kappa shape index (κ1) is 17.2. The molecule has 0 radical (unpaired) electrons. The maximum absolute atomic E-state index is 12.4. The number of nitrogens with zero attached hydrogens (tertiary/aromatic N) is 2. The van der Waals surface area contributed by atoms with Crippen molar-refractivity contribution in [2.24, 2.45) is 5.92 Å². The summed E-state index contributed by atoms with van der Waals surface area (Å²) in [5.74, 6) is 0.133. The first-order valence-corrected chi connectivity index (χ1v) is 9.92. The van der Waals surface area contributed by atoms with Crippen molar-refractivity contribution < 1.29 is 13.2 Å². The highest BCUT2D eigenvalue weighted by atomic mass is 32.2. The molecule has 6 nitrogen and oxygen atoms in total. The van der Waals surface area contributed by atoms with E-state index in [4.69, 9.17) is 0 Å². The molecule has 2 fully saturated rings. The number of sulfonamides is 1. The lowest BCUT2D eigenvalue weighted by atomic mass is 10.0. The molecule has 0 unspecified atom stereocenters. The van der Waals surface area contributed by atoms with Gasteiger partial charge in [-0.2, -0.15) is 0 Å². The Bertz CT molecular complexity index is 720. The molecule has 2 atom stereocenters. The van der Waals surface area contributed by atoms with Crippen LogP contribution in [0.3, 0.4) is 0 Å². The SMILES string of the molecule is Cc1ccccc1CNC(=O)N1CC[C@H]2CN(C)S(=O)(=O)[C@H]2CC1. The van der Waals surface area contributed by atoms with Crippen LogP contribution in [-0.4, -0.2) is 55.6 Å². The molecule has 24 heavy (non-hydrogen) atoms. The summed E-state index contributed by atoms with van der Waals surface area (Å²) in [7, 11) is -1.53. The minimum atomic E-state index is -3.18. The Morgan fingerprint density at radius 2 is 1.96 bits per heavy atom. The third-order valence-corrected chi connectivity index (χ3v) is 7.67. The fourth-order valence-corrected chi connectivity index (χ4v) is 5.67.